The molecule has 0 unspecified atom stereocenters. The van der Waals surface area contributed by atoms with Crippen LogP contribution >= 0.6 is 12.6 Å². The number of fused-ring (bicyclic) bond motifs is 1. The fourth-order valence-corrected chi connectivity index (χ4v) is 1.59. The van der Waals surface area contributed by atoms with Gasteiger partial charge in [-0.2, -0.15) is 12.6 Å². The molecule has 72 valence electrons. The zero-order chi connectivity index (χ0) is 10.2. The van der Waals surface area contributed by atoms with Gasteiger partial charge in [0.1, 0.15) is 0 Å². The zero-order valence-corrected chi connectivity index (χ0v) is 8.11. The molecule has 1 aromatic rings. The average Bonchev–Trinajstić information content (AvgIpc) is 2.57. The summed E-state index contributed by atoms with van der Waals surface area (Å²) in [6, 6.07) is 7.09. The van der Waals surface area contributed by atoms with Gasteiger partial charge >= 0.3 is 5.97 Å². The van der Waals surface area contributed by atoms with Crippen LogP contribution in [-0.2, 0) is 4.79 Å². The van der Waals surface area contributed by atoms with Crippen LogP contribution in [0.5, 0.6) is 0 Å². The van der Waals surface area contributed by atoms with Crippen LogP contribution in [0.3, 0.4) is 0 Å². The summed E-state index contributed by atoms with van der Waals surface area (Å²) in [5.41, 5.74) is -1.42. The first kappa shape index (κ1) is 9.21. The quantitative estimate of drug-likeness (QED) is 0.653. The second-order valence-electron chi connectivity index (χ2n) is 2.99. The van der Waals surface area contributed by atoms with Gasteiger partial charge in [-0.05, 0) is 12.1 Å². The lowest BCUT2D eigenvalue weighted by atomic mass is 10.2. The molecular weight excluding hydrogens is 200 g/mol. The number of carboxylic acid groups (broad SMARTS) is 1. The molecule has 2 rings (SSSR count). The van der Waals surface area contributed by atoms with Crippen LogP contribution in [0, 0.1) is 0 Å². The highest BCUT2D eigenvalue weighted by atomic mass is 32.1. The Morgan fingerprint density at radius 3 is 2.21 bits per heavy atom. The van der Waals surface area contributed by atoms with Crippen molar-refractivity contribution in [3.63, 3.8) is 0 Å². The maximum atomic E-state index is 11.0. The van der Waals surface area contributed by atoms with Crippen molar-refractivity contribution in [2.45, 2.75) is 5.66 Å². The van der Waals surface area contributed by atoms with Crippen LogP contribution in [-0.4, -0.2) is 22.5 Å². The summed E-state index contributed by atoms with van der Waals surface area (Å²) in [6.07, 6.45) is 0. The zero-order valence-electron chi connectivity index (χ0n) is 7.21. The van der Waals surface area contributed by atoms with Crippen LogP contribution in [0.1, 0.15) is 0 Å². The molecule has 0 radical (unpaired) electrons. The van der Waals surface area contributed by atoms with E-state index in [0.717, 1.165) is 0 Å². The van der Waals surface area contributed by atoms with Crippen molar-refractivity contribution in [2.24, 2.45) is 9.98 Å². The number of thiol groups is 1. The van der Waals surface area contributed by atoms with E-state index in [4.69, 9.17) is 5.11 Å². The Labute approximate surface area is 85.4 Å². The van der Waals surface area contributed by atoms with Gasteiger partial charge in [0.05, 0.1) is 10.7 Å². The number of hydrogen-bond acceptors (Lipinski definition) is 4. The smallest absolute Gasteiger partial charge is 0.355 e. The Kier molecular flexibility index (Phi) is 2.03. The van der Waals surface area contributed by atoms with Gasteiger partial charge in [-0.25, -0.2) is 14.8 Å². The minimum Gasteiger partial charge on any atom is -0.478 e. The number of rotatable bonds is 2. The van der Waals surface area contributed by atoms with Gasteiger partial charge in [0.25, 0.3) is 5.66 Å². The van der Waals surface area contributed by atoms with E-state index in [1.807, 2.05) is 0 Å². The molecule has 0 fully saturated rings. The molecule has 1 aliphatic heterocycles. The van der Waals surface area contributed by atoms with E-state index in [1.54, 1.807) is 24.3 Å². The lowest BCUT2D eigenvalue weighted by molar-refractivity contribution is -0.142. The lowest BCUT2D eigenvalue weighted by Crippen LogP contribution is -2.36. The van der Waals surface area contributed by atoms with Crippen LogP contribution in [0.25, 0.3) is 0 Å². The predicted molar refractivity (Wildman–Crippen MR) is 53.0 cm³/mol. The third-order valence-electron chi connectivity index (χ3n) is 2.06. The molecule has 0 saturated carbocycles. The van der Waals surface area contributed by atoms with E-state index in [2.05, 4.69) is 22.6 Å². The first-order chi connectivity index (χ1) is 6.68. The SMILES string of the molecule is O=C(O)C1(CS)N=c2ccccc2=N1. The highest BCUT2D eigenvalue weighted by molar-refractivity contribution is 7.80. The molecule has 1 aliphatic rings. The second-order valence-corrected chi connectivity index (χ2v) is 3.31. The summed E-state index contributed by atoms with van der Waals surface area (Å²) < 4.78 is 0. The standard InChI is InChI=1S/C9H8N2O2S/c12-8(13)9(5-14)10-6-3-1-2-4-7(6)11-9/h1-4,14H,5H2,(H,12,13). The number of para-hydroxylation sites is 2. The number of aliphatic carboxylic acids is 1. The molecule has 14 heavy (non-hydrogen) atoms. The number of nitrogens with zero attached hydrogens (tertiary/aromatic N) is 2. The summed E-state index contributed by atoms with van der Waals surface area (Å²) in [5.74, 6) is -1.000. The van der Waals surface area contributed by atoms with Crippen LogP contribution in [0.2, 0.25) is 0 Å². The van der Waals surface area contributed by atoms with Gasteiger partial charge in [0.15, 0.2) is 0 Å². The summed E-state index contributed by atoms with van der Waals surface area (Å²) in [6.45, 7) is 0. The lowest BCUT2D eigenvalue weighted by Gasteiger charge is -2.13. The molecule has 0 aromatic heterocycles. The number of carboxylic acids is 1. The summed E-state index contributed by atoms with van der Waals surface area (Å²) in [7, 11) is 0. The Morgan fingerprint density at radius 2 is 1.86 bits per heavy atom. The molecule has 0 bridgehead atoms. The highest BCUT2D eigenvalue weighted by Crippen LogP contribution is 2.15. The molecule has 1 N–H and O–H groups in total. The largest absolute Gasteiger partial charge is 0.478 e. The van der Waals surface area contributed by atoms with Gasteiger partial charge < -0.3 is 5.11 Å². The van der Waals surface area contributed by atoms with Gasteiger partial charge in [-0.15, -0.1) is 0 Å². The molecule has 0 aliphatic carbocycles. The molecule has 0 amide bonds. The predicted octanol–water partition coefficient (Wildman–Crippen LogP) is -0.350. The van der Waals surface area contributed by atoms with Crippen LogP contribution in [0.4, 0.5) is 0 Å². The minimum atomic E-state index is -1.42. The van der Waals surface area contributed by atoms with Crippen molar-refractivity contribution in [3.8, 4) is 0 Å². The van der Waals surface area contributed by atoms with E-state index in [9.17, 15) is 4.79 Å². The van der Waals surface area contributed by atoms with Crippen molar-refractivity contribution in [3.05, 3.63) is 35.0 Å². The van der Waals surface area contributed by atoms with E-state index < -0.39 is 11.6 Å². The first-order valence-electron chi connectivity index (χ1n) is 4.07. The van der Waals surface area contributed by atoms with Crippen LogP contribution in [0.15, 0.2) is 34.3 Å². The Bertz CT molecular complexity index is 463. The molecule has 0 atom stereocenters. The molecule has 5 heteroatoms. The maximum absolute atomic E-state index is 11.0. The van der Waals surface area contributed by atoms with Crippen molar-refractivity contribution >= 4 is 18.6 Å². The maximum Gasteiger partial charge on any atom is 0.355 e. The fourth-order valence-electron chi connectivity index (χ4n) is 1.31. The van der Waals surface area contributed by atoms with Crippen molar-refractivity contribution in [1.82, 2.24) is 0 Å². The van der Waals surface area contributed by atoms with E-state index in [-0.39, 0.29) is 5.75 Å². The summed E-state index contributed by atoms with van der Waals surface area (Å²) >= 11 is 3.98. The van der Waals surface area contributed by atoms with E-state index in [0.29, 0.717) is 10.7 Å². The first-order valence-corrected chi connectivity index (χ1v) is 4.70. The highest BCUT2D eigenvalue weighted by Gasteiger charge is 2.38. The average molecular weight is 208 g/mol. The molecule has 0 saturated heterocycles. The summed E-state index contributed by atoms with van der Waals surface area (Å²) in [4.78, 5) is 19.1. The van der Waals surface area contributed by atoms with Gasteiger partial charge in [0, 0.05) is 5.75 Å². The second kappa shape index (κ2) is 3.09. The molecule has 1 heterocycles. The molecule has 1 aromatic carbocycles. The number of carbonyl (C=O) groups is 1. The fraction of sp³-hybridized carbons (Fsp3) is 0.222. The van der Waals surface area contributed by atoms with Crippen molar-refractivity contribution in [2.75, 3.05) is 5.75 Å². The number of hydrogen-bond donors (Lipinski definition) is 2. The molecule has 0 spiro atoms. The van der Waals surface area contributed by atoms with Gasteiger partial charge in [-0.3, -0.25) is 0 Å². The van der Waals surface area contributed by atoms with Crippen LogP contribution < -0.4 is 10.7 Å². The third-order valence-corrected chi connectivity index (χ3v) is 2.50. The Balaban J connectivity index is 2.68. The Hall–Kier alpha value is -1.36. The van der Waals surface area contributed by atoms with Crippen molar-refractivity contribution in [1.29, 1.82) is 0 Å². The number of benzene rings is 1. The van der Waals surface area contributed by atoms with E-state index in [1.165, 1.54) is 0 Å². The molecule has 4 nitrogen and oxygen atoms in total. The summed E-state index contributed by atoms with van der Waals surface area (Å²) in [5, 5.41) is 10.2. The molecular formula is C9H8N2O2S. The third kappa shape index (κ3) is 1.21. The van der Waals surface area contributed by atoms with Crippen molar-refractivity contribution < 1.29 is 9.90 Å². The van der Waals surface area contributed by atoms with Gasteiger partial charge in [0.2, 0.25) is 0 Å². The normalized spacial score (nSPS) is 16.6. The Morgan fingerprint density at radius 1 is 1.36 bits per heavy atom. The monoisotopic (exact) mass is 208 g/mol. The van der Waals surface area contributed by atoms with Gasteiger partial charge in [-0.1, -0.05) is 12.1 Å². The minimum absolute atomic E-state index is 0.0665. The topological polar surface area (TPSA) is 62.0 Å². The van der Waals surface area contributed by atoms with E-state index >= 15 is 0 Å².